The molecule has 92 valence electrons. The zero-order valence-electron chi connectivity index (χ0n) is 9.72. The van der Waals surface area contributed by atoms with Crippen LogP contribution in [0.15, 0.2) is 21.9 Å². The number of nitrogens with zero attached hydrogens (tertiary/aromatic N) is 2. The summed E-state index contributed by atoms with van der Waals surface area (Å²) in [4.78, 5) is 7.44. The van der Waals surface area contributed by atoms with Gasteiger partial charge in [-0.2, -0.15) is 0 Å². The highest BCUT2D eigenvalue weighted by Crippen LogP contribution is 2.21. The van der Waals surface area contributed by atoms with Gasteiger partial charge in [0.05, 0.1) is 6.20 Å². The van der Waals surface area contributed by atoms with Crippen molar-refractivity contribution in [2.24, 2.45) is 15.4 Å². The molecule has 0 saturated carbocycles. The largest absolute Gasteiger partial charge is 0.572 e. The summed E-state index contributed by atoms with van der Waals surface area (Å²) in [5.41, 5.74) is -0.378. The zero-order chi connectivity index (χ0) is 13.0. The van der Waals surface area contributed by atoms with Gasteiger partial charge in [0, 0.05) is 5.41 Å². The lowest BCUT2D eigenvalue weighted by molar-refractivity contribution is -0.305. The minimum Gasteiger partial charge on any atom is -0.409 e. The van der Waals surface area contributed by atoms with Crippen LogP contribution < -0.4 is 0 Å². The third kappa shape index (κ3) is 6.21. The number of allylic oxidation sites excluding steroid dienone is 1. The van der Waals surface area contributed by atoms with Crippen LogP contribution in [0.25, 0.3) is 0 Å². The Morgan fingerprint density at radius 1 is 1.25 bits per heavy atom. The van der Waals surface area contributed by atoms with Gasteiger partial charge in [0.1, 0.15) is 11.6 Å². The predicted octanol–water partition coefficient (Wildman–Crippen LogP) is 3.53. The topological polar surface area (TPSA) is 34.0 Å². The highest BCUT2D eigenvalue weighted by molar-refractivity contribution is 5.91. The van der Waals surface area contributed by atoms with Crippen molar-refractivity contribution >= 4 is 12.6 Å². The molecular weight excluding hydrogens is 221 g/mol. The number of hydrogen-bond donors (Lipinski definition) is 0. The van der Waals surface area contributed by atoms with E-state index in [-0.39, 0.29) is 11.2 Å². The van der Waals surface area contributed by atoms with E-state index in [4.69, 9.17) is 0 Å². The van der Waals surface area contributed by atoms with Gasteiger partial charge < -0.3 is 4.74 Å². The molecule has 0 aliphatic carbocycles. The van der Waals surface area contributed by atoms with Gasteiger partial charge in [-0.05, 0) is 13.6 Å². The second kappa shape index (κ2) is 5.14. The molecule has 0 aromatic carbocycles. The quantitative estimate of drug-likeness (QED) is 0.410. The SMILES string of the molecule is C=NC(=N/C=C(\C)OC(F)(F)F)C(C)(C)C. The molecule has 0 bridgehead atoms. The molecule has 0 saturated heterocycles. The first-order valence-corrected chi connectivity index (χ1v) is 4.54. The van der Waals surface area contributed by atoms with Crippen LogP contribution in [0.4, 0.5) is 13.2 Å². The van der Waals surface area contributed by atoms with Crippen molar-refractivity contribution in [3.8, 4) is 0 Å². The molecule has 0 N–H and O–H groups in total. The Kier molecular flexibility index (Phi) is 4.71. The summed E-state index contributed by atoms with van der Waals surface area (Å²) in [5.74, 6) is -0.00414. The first-order valence-electron chi connectivity index (χ1n) is 4.54. The smallest absolute Gasteiger partial charge is 0.409 e. The van der Waals surface area contributed by atoms with Crippen molar-refractivity contribution in [2.45, 2.75) is 34.1 Å². The maximum absolute atomic E-state index is 11.8. The first-order chi connectivity index (χ1) is 7.06. The van der Waals surface area contributed by atoms with Crippen molar-refractivity contribution in [1.82, 2.24) is 0 Å². The normalized spacial score (nSPS) is 14.9. The maximum Gasteiger partial charge on any atom is 0.572 e. The lowest BCUT2D eigenvalue weighted by Gasteiger charge is -2.16. The molecule has 0 rings (SSSR count). The van der Waals surface area contributed by atoms with Gasteiger partial charge >= 0.3 is 6.36 Å². The molecule has 0 atom stereocenters. The highest BCUT2D eigenvalue weighted by Gasteiger charge is 2.30. The van der Waals surface area contributed by atoms with Crippen LogP contribution in [0.5, 0.6) is 0 Å². The molecule has 0 spiro atoms. The van der Waals surface area contributed by atoms with Crippen LogP contribution in [0, 0.1) is 5.41 Å². The van der Waals surface area contributed by atoms with E-state index in [1.54, 1.807) is 0 Å². The summed E-state index contributed by atoms with van der Waals surface area (Å²) in [5, 5.41) is 0. The molecule has 0 unspecified atom stereocenters. The average molecular weight is 236 g/mol. The minimum atomic E-state index is -4.69. The fourth-order valence-corrected chi connectivity index (χ4v) is 0.833. The third-order valence-electron chi connectivity index (χ3n) is 1.47. The van der Waals surface area contributed by atoms with E-state index in [9.17, 15) is 13.2 Å². The third-order valence-corrected chi connectivity index (χ3v) is 1.47. The van der Waals surface area contributed by atoms with Crippen molar-refractivity contribution in [2.75, 3.05) is 0 Å². The van der Waals surface area contributed by atoms with Gasteiger partial charge in [0.2, 0.25) is 0 Å². The second-order valence-corrected chi connectivity index (χ2v) is 4.15. The summed E-state index contributed by atoms with van der Waals surface area (Å²) in [6.45, 7) is 9.96. The zero-order valence-corrected chi connectivity index (χ0v) is 9.72. The Morgan fingerprint density at radius 2 is 1.75 bits per heavy atom. The number of halogens is 3. The molecule has 0 heterocycles. The van der Waals surface area contributed by atoms with Crippen molar-refractivity contribution in [3.63, 3.8) is 0 Å². The number of hydrogen-bond acceptors (Lipinski definition) is 2. The van der Waals surface area contributed by atoms with Gasteiger partial charge in [-0.1, -0.05) is 20.8 Å². The second-order valence-electron chi connectivity index (χ2n) is 4.15. The van der Waals surface area contributed by atoms with E-state index in [0.29, 0.717) is 5.84 Å². The van der Waals surface area contributed by atoms with Crippen LogP contribution in [0.1, 0.15) is 27.7 Å². The summed E-state index contributed by atoms with van der Waals surface area (Å²) in [6, 6.07) is 0. The first kappa shape index (κ1) is 14.7. The number of aliphatic imine (C=N–C) groups is 2. The molecule has 0 radical (unpaired) electrons. The van der Waals surface area contributed by atoms with E-state index in [0.717, 1.165) is 6.20 Å². The molecule has 0 amide bonds. The van der Waals surface area contributed by atoms with Crippen molar-refractivity contribution < 1.29 is 17.9 Å². The molecule has 16 heavy (non-hydrogen) atoms. The molecular formula is C10H15F3N2O. The minimum absolute atomic E-state index is 0.345. The summed E-state index contributed by atoms with van der Waals surface area (Å²) >= 11 is 0. The van der Waals surface area contributed by atoms with Gasteiger partial charge in [0.15, 0.2) is 0 Å². The van der Waals surface area contributed by atoms with Gasteiger partial charge in [-0.15, -0.1) is 13.2 Å². The van der Waals surface area contributed by atoms with E-state index in [2.05, 4.69) is 21.4 Å². The Hall–Kier alpha value is -1.33. The molecule has 0 aromatic heterocycles. The summed E-state index contributed by atoms with van der Waals surface area (Å²) in [7, 11) is 0. The monoisotopic (exact) mass is 236 g/mol. The van der Waals surface area contributed by atoms with Crippen LogP contribution in [0.2, 0.25) is 0 Å². The van der Waals surface area contributed by atoms with Crippen molar-refractivity contribution in [1.29, 1.82) is 0 Å². The molecule has 0 aromatic rings. The van der Waals surface area contributed by atoms with Crippen LogP contribution in [-0.4, -0.2) is 18.9 Å². The average Bonchev–Trinajstić information content (AvgIpc) is 1.98. The van der Waals surface area contributed by atoms with Crippen LogP contribution >= 0.6 is 0 Å². The summed E-state index contributed by atoms with van der Waals surface area (Å²) < 4.78 is 39.0. The number of amidine groups is 1. The molecule has 0 aliphatic heterocycles. The Labute approximate surface area is 92.7 Å². The van der Waals surface area contributed by atoms with Gasteiger partial charge in [-0.3, -0.25) is 0 Å². The van der Waals surface area contributed by atoms with Crippen LogP contribution in [0.3, 0.4) is 0 Å². The standard InChI is InChI=1S/C10H15F3N2O/c1-7(16-10(11,12)13)6-15-8(14-5)9(2,3)4/h6H,5H2,1-4H3/b7-6+,15-8?. The fraction of sp³-hybridized carbons (Fsp3) is 0.600. The lowest BCUT2D eigenvalue weighted by atomic mass is 9.95. The number of alkyl halides is 3. The fourth-order valence-electron chi connectivity index (χ4n) is 0.833. The van der Waals surface area contributed by atoms with E-state index < -0.39 is 6.36 Å². The predicted molar refractivity (Wildman–Crippen MR) is 57.3 cm³/mol. The number of rotatable bonds is 2. The van der Waals surface area contributed by atoms with Gasteiger partial charge in [0.25, 0.3) is 0 Å². The van der Waals surface area contributed by atoms with Crippen molar-refractivity contribution in [3.05, 3.63) is 12.0 Å². The van der Waals surface area contributed by atoms with E-state index >= 15 is 0 Å². The highest BCUT2D eigenvalue weighted by atomic mass is 19.4. The van der Waals surface area contributed by atoms with Crippen LogP contribution in [-0.2, 0) is 4.74 Å². The maximum atomic E-state index is 11.8. The van der Waals surface area contributed by atoms with E-state index in [1.807, 2.05) is 20.8 Å². The Morgan fingerprint density at radius 3 is 2.06 bits per heavy atom. The Bertz CT molecular complexity index is 311. The Balaban J connectivity index is 4.78. The number of ether oxygens (including phenoxy) is 1. The molecule has 0 aliphatic rings. The van der Waals surface area contributed by atoms with Gasteiger partial charge in [-0.25, -0.2) is 9.98 Å². The lowest BCUT2D eigenvalue weighted by Crippen LogP contribution is -2.17. The summed E-state index contributed by atoms with van der Waals surface area (Å²) in [6.07, 6.45) is -3.72. The molecule has 0 fully saturated rings. The molecule has 3 nitrogen and oxygen atoms in total. The van der Waals surface area contributed by atoms with E-state index in [1.165, 1.54) is 6.92 Å². The molecule has 6 heteroatoms.